The Morgan fingerprint density at radius 1 is 0.909 bits per heavy atom. The number of aromatic amines is 1. The average Bonchev–Trinajstić information content (AvgIpc) is 3.23. The van der Waals surface area contributed by atoms with Gasteiger partial charge in [-0.3, -0.25) is 0 Å². The van der Waals surface area contributed by atoms with E-state index in [9.17, 15) is 13.2 Å². The zero-order valence-corrected chi connectivity index (χ0v) is 16.7. The number of benzene rings is 2. The van der Waals surface area contributed by atoms with Gasteiger partial charge < -0.3 is 15.0 Å². The van der Waals surface area contributed by atoms with E-state index in [0.717, 1.165) is 11.3 Å². The number of alkyl halides is 3. The second-order valence-electron chi connectivity index (χ2n) is 6.90. The Labute approximate surface area is 184 Å². The molecule has 2 aromatic carbocycles. The van der Waals surface area contributed by atoms with E-state index in [0.29, 0.717) is 34.1 Å². The van der Waals surface area contributed by atoms with Crippen molar-refractivity contribution in [1.82, 2.24) is 29.9 Å². The van der Waals surface area contributed by atoms with Crippen LogP contribution in [0.4, 0.5) is 24.7 Å². The lowest BCUT2D eigenvalue weighted by Crippen LogP contribution is -2.16. The lowest BCUT2D eigenvalue weighted by Gasteiger charge is -2.08. The molecule has 0 aliphatic rings. The first kappa shape index (κ1) is 20.4. The van der Waals surface area contributed by atoms with Crippen molar-refractivity contribution in [2.45, 2.75) is 6.36 Å². The first-order chi connectivity index (χ1) is 15.9. The van der Waals surface area contributed by atoms with Crippen LogP contribution in [0.3, 0.4) is 0 Å². The molecule has 0 aliphatic heterocycles. The van der Waals surface area contributed by atoms with Crippen LogP contribution in [-0.4, -0.2) is 36.3 Å². The van der Waals surface area contributed by atoms with E-state index < -0.39 is 6.36 Å². The van der Waals surface area contributed by atoms with Crippen LogP contribution in [0, 0.1) is 0 Å². The maximum absolute atomic E-state index is 12.5. The van der Waals surface area contributed by atoms with E-state index in [4.69, 9.17) is 0 Å². The molecule has 0 radical (unpaired) electrons. The van der Waals surface area contributed by atoms with Crippen molar-refractivity contribution >= 4 is 22.5 Å². The number of ether oxygens (including phenoxy) is 1. The smallest absolute Gasteiger partial charge is 0.406 e. The van der Waals surface area contributed by atoms with Gasteiger partial charge in [0.25, 0.3) is 0 Å². The minimum atomic E-state index is -4.76. The molecular weight excluding hydrogens is 435 g/mol. The van der Waals surface area contributed by atoms with Gasteiger partial charge in [-0.1, -0.05) is 12.1 Å². The summed E-state index contributed by atoms with van der Waals surface area (Å²) in [6, 6.07) is 13.0. The average molecular weight is 449 g/mol. The first-order valence-electron chi connectivity index (χ1n) is 9.64. The van der Waals surface area contributed by atoms with Gasteiger partial charge >= 0.3 is 6.36 Å². The van der Waals surface area contributed by atoms with Gasteiger partial charge in [0.1, 0.15) is 29.4 Å². The van der Waals surface area contributed by atoms with Crippen molar-refractivity contribution in [2.75, 3.05) is 5.32 Å². The molecule has 11 heteroatoms. The molecule has 0 saturated heterocycles. The van der Waals surface area contributed by atoms with Crippen molar-refractivity contribution in [3.63, 3.8) is 0 Å². The van der Waals surface area contributed by atoms with E-state index in [1.54, 1.807) is 24.7 Å². The number of imidazole rings is 1. The molecule has 0 unspecified atom stereocenters. The molecule has 5 rings (SSSR count). The Hall–Kier alpha value is -4.54. The van der Waals surface area contributed by atoms with Crippen molar-refractivity contribution < 1.29 is 17.9 Å². The molecule has 33 heavy (non-hydrogen) atoms. The third-order valence-electron chi connectivity index (χ3n) is 4.59. The van der Waals surface area contributed by atoms with Gasteiger partial charge in [0.15, 0.2) is 0 Å². The number of H-pyrrole nitrogens is 1. The van der Waals surface area contributed by atoms with Crippen molar-refractivity contribution in [2.24, 2.45) is 0 Å². The summed E-state index contributed by atoms with van der Waals surface area (Å²) in [7, 11) is 0. The van der Waals surface area contributed by atoms with Crippen LogP contribution in [0.2, 0.25) is 0 Å². The molecular formula is C22H14F3N7O. The standard InChI is InChI=1S/C22H14F3N7O/c23-22(24,25)33-15-4-5-17-18(9-15)32-21(31-17)13-2-1-3-14(8-13)30-20-11-27-19(10-28-20)16-6-7-26-12-29-16/h1-12H,(H,28,30)(H,31,32). The summed E-state index contributed by atoms with van der Waals surface area (Å²) >= 11 is 0. The number of nitrogens with zero attached hydrogens (tertiary/aromatic N) is 5. The fourth-order valence-corrected chi connectivity index (χ4v) is 3.18. The molecule has 3 heterocycles. The normalized spacial score (nSPS) is 11.5. The van der Waals surface area contributed by atoms with E-state index >= 15 is 0 Å². The lowest BCUT2D eigenvalue weighted by molar-refractivity contribution is -0.274. The summed E-state index contributed by atoms with van der Waals surface area (Å²) in [5, 5.41) is 3.17. The minimum Gasteiger partial charge on any atom is -0.406 e. The summed E-state index contributed by atoms with van der Waals surface area (Å²) in [4.78, 5) is 24.2. The summed E-state index contributed by atoms with van der Waals surface area (Å²) in [5.41, 5.74) is 3.70. The summed E-state index contributed by atoms with van der Waals surface area (Å²) in [5.74, 6) is 0.719. The maximum Gasteiger partial charge on any atom is 0.573 e. The third kappa shape index (κ3) is 4.71. The Balaban J connectivity index is 1.36. The quantitative estimate of drug-likeness (QED) is 0.384. The number of anilines is 2. The van der Waals surface area contributed by atoms with Gasteiger partial charge in [-0.15, -0.1) is 13.2 Å². The maximum atomic E-state index is 12.5. The van der Waals surface area contributed by atoms with Crippen molar-refractivity contribution in [3.05, 3.63) is 73.4 Å². The summed E-state index contributed by atoms with van der Waals surface area (Å²) < 4.78 is 41.4. The van der Waals surface area contributed by atoms with Gasteiger partial charge in [-0.05, 0) is 30.3 Å². The third-order valence-corrected chi connectivity index (χ3v) is 4.59. The molecule has 8 nitrogen and oxygen atoms in total. The first-order valence-corrected chi connectivity index (χ1v) is 9.64. The van der Waals surface area contributed by atoms with Crippen molar-refractivity contribution in [3.8, 4) is 28.5 Å². The molecule has 0 aliphatic carbocycles. The number of hydrogen-bond acceptors (Lipinski definition) is 7. The zero-order chi connectivity index (χ0) is 22.8. The fourth-order valence-electron chi connectivity index (χ4n) is 3.18. The number of aromatic nitrogens is 6. The van der Waals surface area contributed by atoms with Crippen LogP contribution in [0.25, 0.3) is 33.8 Å². The van der Waals surface area contributed by atoms with Crippen molar-refractivity contribution in [1.29, 1.82) is 0 Å². The van der Waals surface area contributed by atoms with Crippen LogP contribution >= 0.6 is 0 Å². The minimum absolute atomic E-state index is 0.315. The topological polar surface area (TPSA) is 102 Å². The molecule has 0 spiro atoms. The van der Waals surface area contributed by atoms with E-state index in [2.05, 4.69) is 40.0 Å². The van der Waals surface area contributed by atoms with Gasteiger partial charge in [0.05, 0.1) is 29.1 Å². The summed E-state index contributed by atoms with van der Waals surface area (Å²) in [6.45, 7) is 0. The van der Waals surface area contributed by atoms with Crippen LogP contribution in [0.15, 0.2) is 73.4 Å². The van der Waals surface area contributed by atoms with E-state index in [-0.39, 0.29) is 5.75 Å². The van der Waals surface area contributed by atoms with Gasteiger partial charge in [-0.2, -0.15) is 0 Å². The molecule has 164 valence electrons. The Kier molecular flexibility index (Phi) is 5.05. The highest BCUT2D eigenvalue weighted by atomic mass is 19.4. The number of rotatable bonds is 5. The Morgan fingerprint density at radius 3 is 2.58 bits per heavy atom. The molecule has 0 amide bonds. The highest BCUT2D eigenvalue weighted by Crippen LogP contribution is 2.29. The van der Waals surface area contributed by atoms with E-state index in [1.807, 2.05) is 24.3 Å². The van der Waals surface area contributed by atoms with Crippen LogP contribution in [0.5, 0.6) is 5.75 Å². The monoisotopic (exact) mass is 449 g/mol. The highest BCUT2D eigenvalue weighted by molar-refractivity contribution is 5.81. The second-order valence-corrected chi connectivity index (χ2v) is 6.90. The van der Waals surface area contributed by atoms with Gasteiger partial charge in [0.2, 0.25) is 0 Å². The van der Waals surface area contributed by atoms with Gasteiger partial charge in [0, 0.05) is 23.5 Å². The van der Waals surface area contributed by atoms with E-state index in [1.165, 1.54) is 24.5 Å². The SMILES string of the molecule is FC(F)(F)Oc1ccc2nc(-c3cccc(Nc4cnc(-c5ccncn5)cn4)c3)[nH]c2c1. The lowest BCUT2D eigenvalue weighted by atomic mass is 10.2. The molecule has 0 fully saturated rings. The number of fused-ring (bicyclic) bond motifs is 1. The molecule has 3 aromatic heterocycles. The van der Waals surface area contributed by atoms with Gasteiger partial charge in [-0.25, -0.2) is 24.9 Å². The molecule has 0 saturated carbocycles. The van der Waals surface area contributed by atoms with Crippen LogP contribution < -0.4 is 10.1 Å². The highest BCUT2D eigenvalue weighted by Gasteiger charge is 2.31. The zero-order valence-electron chi connectivity index (χ0n) is 16.7. The largest absolute Gasteiger partial charge is 0.573 e. The molecule has 5 aromatic rings. The summed E-state index contributed by atoms with van der Waals surface area (Å²) in [6.07, 6.45) is 1.51. The molecule has 0 bridgehead atoms. The molecule has 2 N–H and O–H groups in total. The fraction of sp³-hybridized carbons (Fsp3) is 0.0455. The predicted molar refractivity (Wildman–Crippen MR) is 115 cm³/mol. The number of hydrogen-bond donors (Lipinski definition) is 2. The van der Waals surface area contributed by atoms with Crippen LogP contribution in [0.1, 0.15) is 0 Å². The predicted octanol–water partition coefficient (Wildman–Crippen LogP) is 5.12. The van der Waals surface area contributed by atoms with Crippen LogP contribution in [-0.2, 0) is 0 Å². The Morgan fingerprint density at radius 2 is 1.82 bits per heavy atom. The Bertz CT molecular complexity index is 1400. The number of nitrogens with one attached hydrogen (secondary N) is 2. The number of halogens is 3. The second kappa shape index (κ2) is 8.19. The molecule has 0 atom stereocenters.